The van der Waals surface area contributed by atoms with Gasteiger partial charge in [-0.3, -0.25) is 4.79 Å². The molecule has 1 heterocycles. The van der Waals surface area contributed by atoms with Crippen LogP contribution in [0.15, 0.2) is 24.3 Å². The van der Waals surface area contributed by atoms with E-state index in [4.69, 9.17) is 0 Å². The molecule has 1 fully saturated rings. The van der Waals surface area contributed by atoms with E-state index in [0.717, 1.165) is 32.6 Å². The topological polar surface area (TPSA) is 32.3 Å². The van der Waals surface area contributed by atoms with Gasteiger partial charge in [-0.05, 0) is 37.4 Å². The van der Waals surface area contributed by atoms with E-state index in [0.29, 0.717) is 18.4 Å². The lowest BCUT2D eigenvalue weighted by molar-refractivity contribution is -0.135. The molecular formula is C16H23FN2O. The summed E-state index contributed by atoms with van der Waals surface area (Å²) in [4.78, 5) is 14.3. The van der Waals surface area contributed by atoms with Gasteiger partial charge in [0.1, 0.15) is 5.82 Å². The lowest BCUT2D eigenvalue weighted by Gasteiger charge is -2.23. The molecule has 1 aliphatic heterocycles. The number of amides is 1. The van der Waals surface area contributed by atoms with Gasteiger partial charge in [-0.2, -0.15) is 0 Å². The molecule has 1 unspecified atom stereocenters. The number of carbonyl (C=O) groups is 1. The zero-order valence-electron chi connectivity index (χ0n) is 12.1. The predicted molar refractivity (Wildman–Crippen MR) is 78.0 cm³/mol. The fourth-order valence-corrected chi connectivity index (χ4v) is 2.57. The molecule has 0 radical (unpaired) electrons. The summed E-state index contributed by atoms with van der Waals surface area (Å²) < 4.78 is 13.5. The summed E-state index contributed by atoms with van der Waals surface area (Å²) in [7, 11) is 0. The van der Waals surface area contributed by atoms with Crippen LogP contribution in [0, 0.1) is 11.7 Å². The molecule has 0 saturated carbocycles. The van der Waals surface area contributed by atoms with Crippen LogP contribution >= 0.6 is 0 Å². The number of hydrogen-bond acceptors (Lipinski definition) is 2. The van der Waals surface area contributed by atoms with Gasteiger partial charge in [0.2, 0.25) is 5.91 Å². The molecule has 0 aromatic heterocycles. The van der Waals surface area contributed by atoms with Crippen LogP contribution in [0.25, 0.3) is 0 Å². The first-order valence-corrected chi connectivity index (χ1v) is 7.41. The van der Waals surface area contributed by atoms with Crippen molar-refractivity contribution in [3.05, 3.63) is 35.6 Å². The van der Waals surface area contributed by atoms with E-state index in [1.807, 2.05) is 17.9 Å². The van der Waals surface area contributed by atoms with Crippen LogP contribution in [0.1, 0.15) is 25.3 Å². The number of hydrogen-bond donors (Lipinski definition) is 1. The van der Waals surface area contributed by atoms with Gasteiger partial charge >= 0.3 is 0 Å². The highest BCUT2D eigenvalue weighted by atomic mass is 19.1. The monoisotopic (exact) mass is 278 g/mol. The van der Waals surface area contributed by atoms with Crippen LogP contribution in [0.5, 0.6) is 0 Å². The Morgan fingerprint density at radius 2 is 2.15 bits per heavy atom. The summed E-state index contributed by atoms with van der Waals surface area (Å²) in [5.74, 6) is -0.0242. The molecule has 20 heavy (non-hydrogen) atoms. The first-order valence-electron chi connectivity index (χ1n) is 7.41. The van der Waals surface area contributed by atoms with E-state index in [1.54, 1.807) is 12.1 Å². The Kier molecular flexibility index (Phi) is 5.53. The van der Waals surface area contributed by atoms with E-state index in [9.17, 15) is 9.18 Å². The average Bonchev–Trinajstić information content (AvgIpc) is 2.74. The minimum atomic E-state index is -0.175. The highest BCUT2D eigenvalue weighted by molar-refractivity contribution is 5.78. The quantitative estimate of drug-likeness (QED) is 0.916. The van der Waals surface area contributed by atoms with Crippen molar-refractivity contribution in [2.75, 3.05) is 26.2 Å². The van der Waals surface area contributed by atoms with Gasteiger partial charge in [-0.1, -0.05) is 25.1 Å². The standard InChI is InChI=1S/C16H23FN2O/c1-13(7-8-14-5-2-3-6-15(14)17)16(20)19-11-4-9-18-10-12-19/h2-3,5-6,13,18H,4,7-12H2,1H3. The number of carbonyl (C=O) groups excluding carboxylic acids is 1. The van der Waals surface area contributed by atoms with Crippen molar-refractivity contribution in [1.29, 1.82) is 0 Å². The van der Waals surface area contributed by atoms with Crippen molar-refractivity contribution in [2.45, 2.75) is 26.2 Å². The Bertz CT molecular complexity index is 442. The second-order valence-corrected chi connectivity index (χ2v) is 5.46. The summed E-state index contributed by atoms with van der Waals surface area (Å²) >= 11 is 0. The smallest absolute Gasteiger partial charge is 0.225 e. The largest absolute Gasteiger partial charge is 0.341 e. The molecular weight excluding hydrogens is 255 g/mol. The Hall–Kier alpha value is -1.42. The molecule has 3 nitrogen and oxygen atoms in total. The molecule has 0 aliphatic carbocycles. The van der Waals surface area contributed by atoms with Gasteiger partial charge in [0.15, 0.2) is 0 Å². The SMILES string of the molecule is CC(CCc1ccccc1F)C(=O)N1CCCNCC1. The average molecular weight is 278 g/mol. The molecule has 1 atom stereocenters. The first kappa shape index (κ1) is 15.0. The normalized spacial score (nSPS) is 17.6. The van der Waals surface area contributed by atoms with Gasteiger partial charge < -0.3 is 10.2 Å². The van der Waals surface area contributed by atoms with Crippen molar-refractivity contribution < 1.29 is 9.18 Å². The third kappa shape index (κ3) is 4.04. The predicted octanol–water partition coefficient (Wildman–Crippen LogP) is 2.22. The number of nitrogens with one attached hydrogen (secondary N) is 1. The maximum Gasteiger partial charge on any atom is 0.225 e. The second kappa shape index (κ2) is 7.39. The Labute approximate surface area is 120 Å². The lowest BCUT2D eigenvalue weighted by atomic mass is 9.99. The number of benzene rings is 1. The van der Waals surface area contributed by atoms with Crippen molar-refractivity contribution in [3.63, 3.8) is 0 Å². The molecule has 1 aromatic rings. The summed E-state index contributed by atoms with van der Waals surface area (Å²) in [6, 6.07) is 6.80. The highest BCUT2D eigenvalue weighted by Gasteiger charge is 2.21. The van der Waals surface area contributed by atoms with Crippen molar-refractivity contribution in [1.82, 2.24) is 10.2 Å². The van der Waals surface area contributed by atoms with Gasteiger partial charge in [0.25, 0.3) is 0 Å². The minimum Gasteiger partial charge on any atom is -0.341 e. The third-order valence-electron chi connectivity index (χ3n) is 3.88. The fraction of sp³-hybridized carbons (Fsp3) is 0.562. The minimum absolute atomic E-state index is 0.0484. The van der Waals surface area contributed by atoms with E-state index in [-0.39, 0.29) is 17.6 Å². The molecule has 4 heteroatoms. The fourth-order valence-electron chi connectivity index (χ4n) is 2.57. The molecule has 0 spiro atoms. The van der Waals surface area contributed by atoms with Crippen LogP contribution in [-0.2, 0) is 11.2 Å². The van der Waals surface area contributed by atoms with Crippen molar-refractivity contribution >= 4 is 5.91 Å². The van der Waals surface area contributed by atoms with Gasteiger partial charge in [0, 0.05) is 25.6 Å². The molecule has 1 amide bonds. The molecule has 2 rings (SSSR count). The number of halogens is 1. The molecule has 1 aliphatic rings. The maximum atomic E-state index is 13.5. The summed E-state index contributed by atoms with van der Waals surface area (Å²) in [5.41, 5.74) is 0.699. The first-order chi connectivity index (χ1) is 9.68. The number of aryl methyl sites for hydroxylation is 1. The lowest BCUT2D eigenvalue weighted by Crippen LogP contribution is -2.37. The van der Waals surface area contributed by atoms with Crippen molar-refractivity contribution in [3.8, 4) is 0 Å². The van der Waals surface area contributed by atoms with Gasteiger partial charge in [-0.15, -0.1) is 0 Å². The Morgan fingerprint density at radius 3 is 2.95 bits per heavy atom. The maximum absolute atomic E-state index is 13.5. The van der Waals surface area contributed by atoms with Crippen LogP contribution in [-0.4, -0.2) is 37.0 Å². The molecule has 0 bridgehead atoms. The van der Waals surface area contributed by atoms with Crippen molar-refractivity contribution in [2.24, 2.45) is 5.92 Å². The molecule has 1 aromatic carbocycles. The van der Waals surface area contributed by atoms with E-state index >= 15 is 0 Å². The van der Waals surface area contributed by atoms with Crippen LogP contribution < -0.4 is 5.32 Å². The highest BCUT2D eigenvalue weighted by Crippen LogP contribution is 2.15. The Balaban J connectivity index is 1.86. The summed E-state index contributed by atoms with van der Waals surface area (Å²) in [6.07, 6.45) is 2.32. The summed E-state index contributed by atoms with van der Waals surface area (Å²) in [6.45, 7) is 5.40. The van der Waals surface area contributed by atoms with Crippen LogP contribution in [0.4, 0.5) is 4.39 Å². The summed E-state index contributed by atoms with van der Waals surface area (Å²) in [5, 5.41) is 3.29. The molecule has 1 saturated heterocycles. The molecule has 110 valence electrons. The second-order valence-electron chi connectivity index (χ2n) is 5.46. The van der Waals surface area contributed by atoms with Crippen LogP contribution in [0.3, 0.4) is 0 Å². The van der Waals surface area contributed by atoms with E-state index in [2.05, 4.69) is 5.32 Å². The van der Waals surface area contributed by atoms with E-state index < -0.39 is 0 Å². The third-order valence-corrected chi connectivity index (χ3v) is 3.88. The number of rotatable bonds is 4. The zero-order chi connectivity index (χ0) is 14.4. The number of nitrogens with zero attached hydrogens (tertiary/aromatic N) is 1. The van der Waals surface area contributed by atoms with E-state index in [1.165, 1.54) is 6.07 Å². The zero-order valence-corrected chi connectivity index (χ0v) is 12.1. The van der Waals surface area contributed by atoms with Gasteiger partial charge in [-0.25, -0.2) is 4.39 Å². The Morgan fingerprint density at radius 1 is 1.35 bits per heavy atom. The van der Waals surface area contributed by atoms with Gasteiger partial charge in [0.05, 0.1) is 0 Å². The molecule has 1 N–H and O–H groups in total. The van der Waals surface area contributed by atoms with Crippen LogP contribution in [0.2, 0.25) is 0 Å².